The Labute approximate surface area is 115 Å². The summed E-state index contributed by atoms with van der Waals surface area (Å²) in [7, 11) is 0. The standard InChI is InChI=1S/C13H16BrNO3/c1-3-7-15-13(17)9(2)18-12-10(8-16)5-4-6-11(12)14/h4-6,8-9H,3,7H2,1-2H3,(H,15,17). The van der Waals surface area contributed by atoms with Crippen LogP contribution in [0.25, 0.3) is 0 Å². The van der Waals surface area contributed by atoms with Crippen LogP contribution in [0, 0.1) is 0 Å². The summed E-state index contributed by atoms with van der Waals surface area (Å²) in [6.45, 7) is 4.24. The maximum Gasteiger partial charge on any atom is 0.260 e. The van der Waals surface area contributed by atoms with Crippen molar-refractivity contribution in [3.05, 3.63) is 28.2 Å². The zero-order valence-corrected chi connectivity index (χ0v) is 12.0. The van der Waals surface area contributed by atoms with Crippen molar-refractivity contribution in [3.8, 4) is 5.75 Å². The molecule has 1 amide bonds. The van der Waals surface area contributed by atoms with Crippen LogP contribution >= 0.6 is 15.9 Å². The van der Waals surface area contributed by atoms with Crippen molar-refractivity contribution < 1.29 is 14.3 Å². The Balaban J connectivity index is 2.78. The Morgan fingerprint density at radius 1 is 1.56 bits per heavy atom. The number of amides is 1. The van der Waals surface area contributed by atoms with Crippen LogP contribution in [0.4, 0.5) is 0 Å². The Morgan fingerprint density at radius 2 is 2.28 bits per heavy atom. The van der Waals surface area contributed by atoms with Crippen LogP contribution in [0.2, 0.25) is 0 Å². The summed E-state index contributed by atoms with van der Waals surface area (Å²) in [6.07, 6.45) is 0.929. The SMILES string of the molecule is CCCNC(=O)C(C)Oc1c(Br)cccc1C=O. The number of hydrogen-bond donors (Lipinski definition) is 1. The van der Waals surface area contributed by atoms with E-state index in [0.29, 0.717) is 28.6 Å². The van der Waals surface area contributed by atoms with E-state index >= 15 is 0 Å². The average molecular weight is 314 g/mol. The fourth-order valence-electron chi connectivity index (χ4n) is 1.36. The lowest BCUT2D eigenvalue weighted by Crippen LogP contribution is -2.36. The van der Waals surface area contributed by atoms with Crippen LogP contribution < -0.4 is 10.1 Å². The zero-order valence-electron chi connectivity index (χ0n) is 10.4. The Kier molecular flexibility index (Phi) is 5.85. The van der Waals surface area contributed by atoms with Crippen LogP contribution in [-0.2, 0) is 4.79 Å². The summed E-state index contributed by atoms with van der Waals surface area (Å²) < 4.78 is 6.19. The number of rotatable bonds is 6. The van der Waals surface area contributed by atoms with E-state index in [1.165, 1.54) is 0 Å². The molecule has 0 spiro atoms. The molecule has 0 bridgehead atoms. The number of carbonyl (C=O) groups is 2. The van der Waals surface area contributed by atoms with E-state index in [9.17, 15) is 9.59 Å². The van der Waals surface area contributed by atoms with Gasteiger partial charge in [-0.15, -0.1) is 0 Å². The average Bonchev–Trinajstić information content (AvgIpc) is 2.38. The summed E-state index contributed by atoms with van der Waals surface area (Å²) in [5, 5.41) is 2.74. The molecule has 1 aromatic rings. The molecule has 0 aromatic heterocycles. The number of halogens is 1. The highest BCUT2D eigenvalue weighted by Crippen LogP contribution is 2.28. The number of ether oxygens (including phenoxy) is 1. The zero-order chi connectivity index (χ0) is 13.5. The predicted octanol–water partition coefficient (Wildman–Crippen LogP) is 2.56. The third-order valence-corrected chi connectivity index (χ3v) is 2.96. The molecule has 0 saturated carbocycles. The molecule has 0 aliphatic rings. The second kappa shape index (κ2) is 7.16. The topological polar surface area (TPSA) is 55.4 Å². The molecule has 18 heavy (non-hydrogen) atoms. The van der Waals surface area contributed by atoms with Gasteiger partial charge in [0.2, 0.25) is 0 Å². The van der Waals surface area contributed by atoms with Crippen molar-refractivity contribution in [1.82, 2.24) is 5.32 Å². The Hall–Kier alpha value is -1.36. The molecule has 5 heteroatoms. The number of nitrogens with one attached hydrogen (secondary N) is 1. The summed E-state index contributed by atoms with van der Waals surface area (Å²) in [6, 6.07) is 5.14. The van der Waals surface area contributed by atoms with Crippen LogP contribution in [-0.4, -0.2) is 24.8 Å². The van der Waals surface area contributed by atoms with E-state index in [1.54, 1.807) is 25.1 Å². The highest BCUT2D eigenvalue weighted by atomic mass is 79.9. The minimum Gasteiger partial charge on any atom is -0.479 e. The van der Waals surface area contributed by atoms with Gasteiger partial charge in [-0.3, -0.25) is 9.59 Å². The van der Waals surface area contributed by atoms with Crippen LogP contribution in [0.3, 0.4) is 0 Å². The first kappa shape index (κ1) is 14.7. The second-order valence-electron chi connectivity index (χ2n) is 3.83. The molecule has 1 N–H and O–H groups in total. The molecule has 98 valence electrons. The molecule has 1 rings (SSSR count). The second-order valence-corrected chi connectivity index (χ2v) is 4.68. The van der Waals surface area contributed by atoms with Crippen LogP contribution in [0.15, 0.2) is 22.7 Å². The van der Waals surface area contributed by atoms with Crippen molar-refractivity contribution in [2.45, 2.75) is 26.4 Å². The molecular weight excluding hydrogens is 298 g/mol. The summed E-state index contributed by atoms with van der Waals surface area (Å²) >= 11 is 3.30. The van der Waals surface area contributed by atoms with Crippen molar-refractivity contribution in [1.29, 1.82) is 0 Å². The van der Waals surface area contributed by atoms with E-state index in [0.717, 1.165) is 6.42 Å². The first-order valence-electron chi connectivity index (χ1n) is 5.78. The van der Waals surface area contributed by atoms with E-state index in [2.05, 4.69) is 21.2 Å². The van der Waals surface area contributed by atoms with Gasteiger partial charge in [0.1, 0.15) is 5.75 Å². The number of benzene rings is 1. The van der Waals surface area contributed by atoms with Gasteiger partial charge in [0, 0.05) is 6.54 Å². The fraction of sp³-hybridized carbons (Fsp3) is 0.385. The first-order valence-corrected chi connectivity index (χ1v) is 6.57. The smallest absolute Gasteiger partial charge is 0.260 e. The third kappa shape index (κ3) is 3.84. The molecule has 1 unspecified atom stereocenters. The molecular formula is C13H16BrNO3. The van der Waals surface area contributed by atoms with Crippen LogP contribution in [0.5, 0.6) is 5.75 Å². The van der Waals surface area contributed by atoms with E-state index in [1.807, 2.05) is 6.92 Å². The summed E-state index contributed by atoms with van der Waals surface area (Å²) in [5.74, 6) is 0.205. The highest BCUT2D eigenvalue weighted by Gasteiger charge is 2.17. The maximum atomic E-state index is 11.7. The molecule has 0 radical (unpaired) electrons. The third-order valence-electron chi connectivity index (χ3n) is 2.34. The van der Waals surface area contributed by atoms with E-state index in [-0.39, 0.29) is 5.91 Å². The Bertz CT molecular complexity index is 434. The van der Waals surface area contributed by atoms with E-state index in [4.69, 9.17) is 4.74 Å². The summed E-state index contributed by atoms with van der Waals surface area (Å²) in [4.78, 5) is 22.6. The highest BCUT2D eigenvalue weighted by molar-refractivity contribution is 9.10. The summed E-state index contributed by atoms with van der Waals surface area (Å²) in [5.41, 5.74) is 0.416. The number of aldehydes is 1. The van der Waals surface area contributed by atoms with Crippen molar-refractivity contribution in [2.24, 2.45) is 0 Å². The predicted molar refractivity (Wildman–Crippen MR) is 72.9 cm³/mol. The van der Waals surface area contributed by atoms with Crippen molar-refractivity contribution in [3.63, 3.8) is 0 Å². The van der Waals surface area contributed by atoms with Gasteiger partial charge in [0.25, 0.3) is 5.91 Å². The minimum absolute atomic E-state index is 0.190. The minimum atomic E-state index is -0.644. The molecule has 0 aliphatic heterocycles. The van der Waals surface area contributed by atoms with Gasteiger partial charge >= 0.3 is 0 Å². The molecule has 0 aliphatic carbocycles. The van der Waals surface area contributed by atoms with Gasteiger partial charge in [0.05, 0.1) is 10.0 Å². The lowest BCUT2D eigenvalue weighted by atomic mass is 10.2. The normalized spacial score (nSPS) is 11.7. The molecule has 1 aromatic carbocycles. The van der Waals surface area contributed by atoms with E-state index < -0.39 is 6.10 Å². The fourth-order valence-corrected chi connectivity index (χ4v) is 1.84. The Morgan fingerprint density at radius 3 is 2.89 bits per heavy atom. The van der Waals surface area contributed by atoms with Gasteiger partial charge < -0.3 is 10.1 Å². The number of hydrogen-bond acceptors (Lipinski definition) is 3. The molecule has 0 fully saturated rings. The molecule has 4 nitrogen and oxygen atoms in total. The van der Waals surface area contributed by atoms with Crippen LogP contribution in [0.1, 0.15) is 30.6 Å². The first-order chi connectivity index (χ1) is 8.60. The van der Waals surface area contributed by atoms with Crippen molar-refractivity contribution >= 4 is 28.1 Å². The monoisotopic (exact) mass is 313 g/mol. The lowest BCUT2D eigenvalue weighted by Gasteiger charge is -2.16. The van der Waals surface area contributed by atoms with Gasteiger partial charge in [0.15, 0.2) is 12.4 Å². The quantitative estimate of drug-likeness (QED) is 0.821. The van der Waals surface area contributed by atoms with Gasteiger partial charge in [-0.2, -0.15) is 0 Å². The lowest BCUT2D eigenvalue weighted by molar-refractivity contribution is -0.127. The number of para-hydroxylation sites is 1. The largest absolute Gasteiger partial charge is 0.479 e. The van der Waals surface area contributed by atoms with Gasteiger partial charge in [-0.1, -0.05) is 13.0 Å². The van der Waals surface area contributed by atoms with Crippen molar-refractivity contribution in [2.75, 3.05) is 6.54 Å². The molecule has 0 saturated heterocycles. The van der Waals surface area contributed by atoms with Gasteiger partial charge in [-0.25, -0.2) is 0 Å². The number of carbonyl (C=O) groups excluding carboxylic acids is 2. The molecule has 0 heterocycles. The van der Waals surface area contributed by atoms with Gasteiger partial charge in [-0.05, 0) is 41.4 Å². The molecule has 1 atom stereocenters. The maximum absolute atomic E-state index is 11.7.